The van der Waals surface area contributed by atoms with Crippen LogP contribution in [0.4, 0.5) is 16.3 Å². The van der Waals surface area contributed by atoms with Crippen LogP contribution in [-0.4, -0.2) is 53.6 Å². The van der Waals surface area contributed by atoms with E-state index in [1.54, 1.807) is 17.9 Å². The van der Waals surface area contributed by atoms with Crippen molar-refractivity contribution in [1.82, 2.24) is 14.9 Å². The van der Waals surface area contributed by atoms with Crippen molar-refractivity contribution in [3.63, 3.8) is 0 Å². The van der Waals surface area contributed by atoms with Crippen LogP contribution in [0.25, 0.3) is 0 Å². The summed E-state index contributed by atoms with van der Waals surface area (Å²) in [6.45, 7) is 3.28. The van der Waals surface area contributed by atoms with Gasteiger partial charge in [-0.25, -0.2) is 14.8 Å². The smallest absolute Gasteiger partial charge is 0.327 e. The monoisotopic (exact) mass is 401 g/mol. The van der Waals surface area contributed by atoms with Crippen LogP contribution in [0, 0.1) is 0 Å². The summed E-state index contributed by atoms with van der Waals surface area (Å²) in [6.07, 6.45) is 3.67. The summed E-state index contributed by atoms with van der Waals surface area (Å²) >= 11 is 6.24. The first-order chi connectivity index (χ1) is 13.4. The summed E-state index contributed by atoms with van der Waals surface area (Å²) in [5, 5.41) is 3.39. The van der Waals surface area contributed by atoms with E-state index in [1.807, 2.05) is 17.0 Å². The van der Waals surface area contributed by atoms with Crippen molar-refractivity contribution in [2.75, 3.05) is 37.0 Å². The molecule has 4 rings (SSSR count). The predicted octanol–water partition coefficient (Wildman–Crippen LogP) is 2.68. The maximum atomic E-state index is 13.0. The summed E-state index contributed by atoms with van der Waals surface area (Å²) in [5.41, 5.74) is 1.49. The minimum absolute atomic E-state index is 0.0388. The predicted molar refractivity (Wildman–Crippen MR) is 105 cm³/mol. The van der Waals surface area contributed by atoms with Crippen molar-refractivity contribution in [3.05, 3.63) is 41.2 Å². The Morgan fingerprint density at radius 1 is 1.25 bits per heavy atom. The van der Waals surface area contributed by atoms with Crippen molar-refractivity contribution in [2.45, 2.75) is 18.8 Å². The Kier molecular flexibility index (Phi) is 4.58. The number of aromatic nitrogens is 2. The molecule has 8 nitrogen and oxygen atoms in total. The quantitative estimate of drug-likeness (QED) is 0.835. The SMILES string of the molecule is COc1cnc(NC(=O)N2CC3(CCN(C(C)=O)C3)c3cc(Cl)ccc32)cn1. The molecular weight excluding hydrogens is 382 g/mol. The Bertz CT molecular complexity index is 936. The van der Waals surface area contributed by atoms with Gasteiger partial charge in [-0.2, -0.15) is 0 Å². The van der Waals surface area contributed by atoms with Crippen LogP contribution in [0.3, 0.4) is 0 Å². The fourth-order valence-corrected chi connectivity index (χ4v) is 4.15. The molecule has 0 bridgehead atoms. The van der Waals surface area contributed by atoms with Gasteiger partial charge in [0.1, 0.15) is 0 Å². The molecule has 0 aliphatic carbocycles. The largest absolute Gasteiger partial charge is 0.480 e. The molecule has 146 valence electrons. The number of nitrogens with zero attached hydrogens (tertiary/aromatic N) is 4. The molecule has 3 heterocycles. The lowest BCUT2D eigenvalue weighted by atomic mass is 9.81. The van der Waals surface area contributed by atoms with E-state index in [9.17, 15) is 9.59 Å². The van der Waals surface area contributed by atoms with E-state index in [-0.39, 0.29) is 17.4 Å². The molecule has 1 saturated heterocycles. The number of benzene rings is 1. The van der Waals surface area contributed by atoms with Gasteiger partial charge in [0.15, 0.2) is 5.82 Å². The van der Waals surface area contributed by atoms with Gasteiger partial charge in [-0.15, -0.1) is 0 Å². The molecule has 1 spiro atoms. The highest BCUT2D eigenvalue weighted by molar-refractivity contribution is 6.30. The van der Waals surface area contributed by atoms with E-state index in [1.165, 1.54) is 19.5 Å². The summed E-state index contributed by atoms with van der Waals surface area (Å²) < 4.78 is 4.98. The van der Waals surface area contributed by atoms with Crippen LogP contribution in [0.15, 0.2) is 30.6 Å². The number of rotatable bonds is 2. The number of anilines is 2. The average Bonchev–Trinajstić information content (AvgIpc) is 3.25. The topological polar surface area (TPSA) is 87.7 Å². The molecule has 1 aromatic heterocycles. The zero-order chi connectivity index (χ0) is 19.9. The molecule has 2 aliphatic rings. The highest BCUT2D eigenvalue weighted by Gasteiger charge is 2.49. The Hall–Kier alpha value is -2.87. The lowest BCUT2D eigenvalue weighted by molar-refractivity contribution is -0.127. The number of urea groups is 1. The first-order valence-electron chi connectivity index (χ1n) is 8.92. The summed E-state index contributed by atoms with van der Waals surface area (Å²) in [5.74, 6) is 0.740. The minimum Gasteiger partial charge on any atom is -0.480 e. The number of likely N-dealkylation sites (tertiary alicyclic amines) is 1. The molecule has 2 aromatic rings. The van der Waals surface area contributed by atoms with Crippen molar-refractivity contribution in [2.24, 2.45) is 0 Å². The Morgan fingerprint density at radius 2 is 2.07 bits per heavy atom. The summed E-state index contributed by atoms with van der Waals surface area (Å²) in [7, 11) is 1.50. The molecule has 2 aliphatic heterocycles. The third-order valence-corrected chi connectivity index (χ3v) is 5.63. The number of ether oxygens (including phenoxy) is 1. The Labute approximate surface area is 167 Å². The zero-order valence-corrected chi connectivity index (χ0v) is 16.4. The van der Waals surface area contributed by atoms with Crippen molar-refractivity contribution in [1.29, 1.82) is 0 Å². The maximum Gasteiger partial charge on any atom is 0.327 e. The van der Waals surface area contributed by atoms with Crippen LogP contribution in [-0.2, 0) is 10.2 Å². The van der Waals surface area contributed by atoms with Crippen molar-refractivity contribution >= 4 is 35.0 Å². The number of fused-ring (bicyclic) bond motifs is 2. The van der Waals surface area contributed by atoms with Gasteiger partial charge >= 0.3 is 6.03 Å². The van der Waals surface area contributed by atoms with Gasteiger partial charge in [0, 0.05) is 42.7 Å². The van der Waals surface area contributed by atoms with Gasteiger partial charge in [0.25, 0.3) is 0 Å². The molecule has 3 amide bonds. The summed E-state index contributed by atoms with van der Waals surface area (Å²) in [6, 6.07) is 5.22. The average molecular weight is 402 g/mol. The molecule has 1 fully saturated rings. The highest BCUT2D eigenvalue weighted by atomic mass is 35.5. The number of hydrogen-bond donors (Lipinski definition) is 1. The molecule has 1 atom stereocenters. The van der Waals surface area contributed by atoms with Gasteiger partial charge in [0.2, 0.25) is 11.8 Å². The van der Waals surface area contributed by atoms with Crippen LogP contribution < -0.4 is 15.0 Å². The number of carbonyl (C=O) groups is 2. The maximum absolute atomic E-state index is 13.0. The number of hydrogen-bond acceptors (Lipinski definition) is 5. The minimum atomic E-state index is -0.311. The van der Waals surface area contributed by atoms with Crippen LogP contribution in [0.5, 0.6) is 5.88 Å². The fourth-order valence-electron chi connectivity index (χ4n) is 3.98. The third-order valence-electron chi connectivity index (χ3n) is 5.40. The van der Waals surface area contributed by atoms with E-state index < -0.39 is 0 Å². The molecule has 28 heavy (non-hydrogen) atoms. The molecule has 0 radical (unpaired) electrons. The van der Waals surface area contributed by atoms with Crippen molar-refractivity contribution in [3.8, 4) is 5.88 Å². The van der Waals surface area contributed by atoms with Gasteiger partial charge in [-0.1, -0.05) is 11.6 Å². The molecule has 0 saturated carbocycles. The van der Waals surface area contributed by atoms with E-state index >= 15 is 0 Å². The number of halogens is 1. The first-order valence-corrected chi connectivity index (χ1v) is 9.30. The van der Waals surface area contributed by atoms with Crippen LogP contribution >= 0.6 is 11.6 Å². The van der Waals surface area contributed by atoms with Gasteiger partial charge < -0.3 is 9.64 Å². The zero-order valence-electron chi connectivity index (χ0n) is 15.6. The summed E-state index contributed by atoms with van der Waals surface area (Å²) in [4.78, 5) is 36.5. The van der Waals surface area contributed by atoms with Gasteiger partial charge in [-0.05, 0) is 30.2 Å². The standard InChI is InChI=1S/C19H20ClN5O3/c1-12(26)24-6-5-19(10-24)11-25(15-4-3-13(20)7-14(15)19)18(27)23-16-8-22-17(28-2)9-21-16/h3-4,7-9H,5-6,10-11H2,1-2H3,(H,21,23,27). The normalized spacial score (nSPS) is 20.4. The third kappa shape index (κ3) is 3.13. The van der Waals surface area contributed by atoms with E-state index in [0.29, 0.717) is 36.4 Å². The number of nitrogens with one attached hydrogen (secondary N) is 1. The number of carbonyl (C=O) groups excluding carboxylic acids is 2. The van der Waals surface area contributed by atoms with E-state index in [4.69, 9.17) is 16.3 Å². The lowest BCUT2D eigenvalue weighted by Gasteiger charge is -2.25. The van der Waals surface area contributed by atoms with Crippen LogP contribution in [0.2, 0.25) is 5.02 Å². The van der Waals surface area contributed by atoms with Crippen LogP contribution in [0.1, 0.15) is 18.9 Å². The lowest BCUT2D eigenvalue weighted by Crippen LogP contribution is -2.41. The second kappa shape index (κ2) is 6.94. The number of methoxy groups -OCH3 is 1. The van der Waals surface area contributed by atoms with E-state index in [0.717, 1.165) is 17.7 Å². The Balaban J connectivity index is 1.62. The molecule has 1 N–H and O–H groups in total. The number of amides is 3. The Morgan fingerprint density at radius 3 is 2.71 bits per heavy atom. The fraction of sp³-hybridized carbons (Fsp3) is 0.368. The molecule has 1 aromatic carbocycles. The van der Waals surface area contributed by atoms with Crippen molar-refractivity contribution < 1.29 is 14.3 Å². The van der Waals surface area contributed by atoms with E-state index in [2.05, 4.69) is 15.3 Å². The van der Waals surface area contributed by atoms with Gasteiger partial charge in [-0.3, -0.25) is 15.0 Å². The molecule has 1 unspecified atom stereocenters. The molecular formula is C19H20ClN5O3. The second-order valence-electron chi connectivity index (χ2n) is 7.09. The second-order valence-corrected chi connectivity index (χ2v) is 7.53. The van der Waals surface area contributed by atoms with Gasteiger partial charge in [0.05, 0.1) is 19.5 Å². The molecule has 9 heteroatoms. The first kappa shape index (κ1) is 18.5. The highest BCUT2D eigenvalue weighted by Crippen LogP contribution is 2.47.